The van der Waals surface area contributed by atoms with Crippen molar-refractivity contribution in [1.82, 2.24) is 20.2 Å². The van der Waals surface area contributed by atoms with Crippen molar-refractivity contribution in [2.75, 3.05) is 12.4 Å². The van der Waals surface area contributed by atoms with Crippen molar-refractivity contribution in [3.8, 4) is 11.6 Å². The summed E-state index contributed by atoms with van der Waals surface area (Å²) in [4.78, 5) is 33.8. The summed E-state index contributed by atoms with van der Waals surface area (Å²) in [6.07, 6.45) is 1.64. The van der Waals surface area contributed by atoms with Crippen molar-refractivity contribution in [3.63, 3.8) is 0 Å². The van der Waals surface area contributed by atoms with Gasteiger partial charge in [0, 0.05) is 11.9 Å². The Hall–Kier alpha value is -3.04. The molecule has 3 heterocycles. The van der Waals surface area contributed by atoms with E-state index in [1.54, 1.807) is 42.6 Å². The third-order valence-corrected chi connectivity index (χ3v) is 4.36. The van der Waals surface area contributed by atoms with E-state index in [0.717, 1.165) is 5.06 Å². The van der Waals surface area contributed by atoms with Crippen molar-refractivity contribution in [2.45, 2.75) is 5.22 Å². The normalized spacial score (nSPS) is 13.3. The van der Waals surface area contributed by atoms with Crippen molar-refractivity contribution in [3.05, 3.63) is 59.8 Å². The Labute approximate surface area is 152 Å². The van der Waals surface area contributed by atoms with Gasteiger partial charge >= 0.3 is 0 Å². The lowest BCUT2D eigenvalue weighted by atomic mass is 10.1. The third-order valence-electron chi connectivity index (χ3n) is 3.58. The van der Waals surface area contributed by atoms with E-state index in [1.165, 1.54) is 11.8 Å². The molecule has 0 spiro atoms. The zero-order valence-electron chi connectivity index (χ0n) is 13.4. The molecular formula is C17H12N4O4S. The van der Waals surface area contributed by atoms with E-state index in [9.17, 15) is 9.59 Å². The highest BCUT2D eigenvalue weighted by Gasteiger charge is 2.36. The molecule has 3 aromatic rings. The van der Waals surface area contributed by atoms with Crippen LogP contribution >= 0.6 is 11.8 Å². The van der Waals surface area contributed by atoms with Crippen LogP contribution in [0, 0.1) is 0 Å². The third kappa shape index (κ3) is 3.09. The second-order valence-corrected chi connectivity index (χ2v) is 6.27. The average Bonchev–Trinajstić information content (AvgIpc) is 3.25. The van der Waals surface area contributed by atoms with Gasteiger partial charge in [-0.15, -0.1) is 15.3 Å². The predicted molar refractivity (Wildman–Crippen MR) is 91.1 cm³/mol. The quantitative estimate of drug-likeness (QED) is 0.372. The molecule has 2 aromatic heterocycles. The molecule has 1 aliphatic rings. The molecule has 8 nitrogen and oxygen atoms in total. The monoisotopic (exact) mass is 368 g/mol. The van der Waals surface area contributed by atoms with Gasteiger partial charge in [0.1, 0.15) is 5.69 Å². The second-order valence-electron chi connectivity index (χ2n) is 5.22. The Kier molecular flexibility index (Phi) is 4.46. The molecule has 26 heavy (non-hydrogen) atoms. The minimum absolute atomic E-state index is 0.136. The van der Waals surface area contributed by atoms with E-state index in [-0.39, 0.29) is 6.61 Å². The molecule has 0 unspecified atom stereocenters. The van der Waals surface area contributed by atoms with E-state index in [0.29, 0.717) is 33.7 Å². The molecule has 1 aromatic carbocycles. The zero-order chi connectivity index (χ0) is 17.9. The molecule has 9 heteroatoms. The van der Waals surface area contributed by atoms with Gasteiger partial charge in [-0.1, -0.05) is 30.0 Å². The summed E-state index contributed by atoms with van der Waals surface area (Å²) in [5, 5.41) is 9.01. The van der Waals surface area contributed by atoms with E-state index in [4.69, 9.17) is 9.25 Å². The number of pyridine rings is 1. The van der Waals surface area contributed by atoms with Crippen LogP contribution < -0.4 is 0 Å². The number of nitrogens with zero attached hydrogens (tertiary/aromatic N) is 4. The van der Waals surface area contributed by atoms with Crippen molar-refractivity contribution >= 4 is 23.6 Å². The summed E-state index contributed by atoms with van der Waals surface area (Å²) in [5.74, 6) is -0.150. The highest BCUT2D eigenvalue weighted by atomic mass is 32.2. The Balaban J connectivity index is 1.31. The minimum Gasteiger partial charge on any atom is -0.410 e. The van der Waals surface area contributed by atoms with E-state index < -0.39 is 11.8 Å². The van der Waals surface area contributed by atoms with Gasteiger partial charge in [0.15, 0.2) is 0 Å². The first-order chi connectivity index (χ1) is 12.7. The fraction of sp³-hybridized carbons (Fsp3) is 0.118. The van der Waals surface area contributed by atoms with Gasteiger partial charge in [-0.25, -0.2) is 0 Å². The average molecular weight is 368 g/mol. The number of amides is 2. The first kappa shape index (κ1) is 16.4. The zero-order valence-corrected chi connectivity index (χ0v) is 14.2. The van der Waals surface area contributed by atoms with Crippen LogP contribution in [0.1, 0.15) is 20.7 Å². The summed E-state index contributed by atoms with van der Waals surface area (Å²) >= 11 is 1.26. The SMILES string of the molecule is O=C1c2ccccc2C(=O)N1OCCSc1nnc(-c2ccccn2)o1. The van der Waals surface area contributed by atoms with Gasteiger partial charge < -0.3 is 4.42 Å². The largest absolute Gasteiger partial charge is 0.410 e. The first-order valence-corrected chi connectivity index (χ1v) is 8.71. The Morgan fingerprint density at radius 1 is 1.00 bits per heavy atom. The summed E-state index contributed by atoms with van der Waals surface area (Å²) in [6, 6.07) is 12.0. The van der Waals surface area contributed by atoms with Gasteiger partial charge in [0.05, 0.1) is 17.7 Å². The van der Waals surface area contributed by atoms with Crippen LogP contribution in [-0.2, 0) is 4.84 Å². The van der Waals surface area contributed by atoms with Gasteiger partial charge in [-0.05, 0) is 24.3 Å². The fourth-order valence-corrected chi connectivity index (χ4v) is 2.97. The van der Waals surface area contributed by atoms with E-state index in [2.05, 4.69) is 15.2 Å². The molecule has 0 saturated carbocycles. The molecule has 0 atom stereocenters. The summed E-state index contributed by atoms with van der Waals surface area (Å²) < 4.78 is 5.51. The number of aromatic nitrogens is 3. The summed E-state index contributed by atoms with van der Waals surface area (Å²) in [7, 11) is 0. The van der Waals surface area contributed by atoms with Gasteiger partial charge in [0.2, 0.25) is 0 Å². The molecular weight excluding hydrogens is 356 g/mol. The standard InChI is InChI=1S/C17H12N4O4S/c22-15-11-5-1-2-6-12(11)16(23)21(15)24-9-10-26-17-20-19-14(25-17)13-7-3-4-8-18-13/h1-8H,9-10H2. The van der Waals surface area contributed by atoms with Gasteiger partial charge in [-0.3, -0.25) is 19.4 Å². The lowest BCUT2D eigenvalue weighted by Crippen LogP contribution is -2.30. The lowest BCUT2D eigenvalue weighted by molar-refractivity contribution is -0.0853. The van der Waals surface area contributed by atoms with Crippen LogP contribution in [-0.4, -0.2) is 44.4 Å². The number of thioether (sulfide) groups is 1. The highest BCUT2D eigenvalue weighted by molar-refractivity contribution is 7.99. The second kappa shape index (κ2) is 7.06. The van der Waals surface area contributed by atoms with E-state index in [1.807, 2.05) is 6.07 Å². The van der Waals surface area contributed by atoms with Crippen LogP contribution in [0.15, 0.2) is 58.3 Å². The highest BCUT2D eigenvalue weighted by Crippen LogP contribution is 2.24. The molecule has 1 aliphatic heterocycles. The van der Waals surface area contributed by atoms with Gasteiger partial charge in [0.25, 0.3) is 22.9 Å². The van der Waals surface area contributed by atoms with Crippen molar-refractivity contribution in [2.24, 2.45) is 0 Å². The molecule has 0 saturated heterocycles. The van der Waals surface area contributed by atoms with Crippen molar-refractivity contribution < 1.29 is 18.8 Å². The summed E-state index contributed by atoms with van der Waals surface area (Å²) in [5.41, 5.74) is 1.29. The number of hydrogen-bond acceptors (Lipinski definition) is 8. The molecule has 0 N–H and O–H groups in total. The fourth-order valence-electron chi connectivity index (χ4n) is 2.40. The number of carbonyl (C=O) groups excluding carboxylic acids is 2. The number of rotatable bonds is 6. The van der Waals surface area contributed by atoms with Crippen LogP contribution in [0.4, 0.5) is 0 Å². The Morgan fingerprint density at radius 2 is 1.73 bits per heavy atom. The van der Waals surface area contributed by atoms with Gasteiger partial charge in [-0.2, -0.15) is 0 Å². The number of hydroxylamine groups is 2. The molecule has 0 fully saturated rings. The molecule has 0 radical (unpaired) electrons. The lowest BCUT2D eigenvalue weighted by Gasteiger charge is -2.12. The van der Waals surface area contributed by atoms with Crippen molar-refractivity contribution in [1.29, 1.82) is 0 Å². The topological polar surface area (TPSA) is 98.4 Å². The number of benzene rings is 1. The number of fused-ring (bicyclic) bond motifs is 1. The molecule has 4 rings (SSSR count). The van der Waals surface area contributed by atoms with Crippen LogP contribution in [0.3, 0.4) is 0 Å². The first-order valence-electron chi connectivity index (χ1n) is 7.72. The maximum Gasteiger partial charge on any atom is 0.285 e. The summed E-state index contributed by atoms with van der Waals surface area (Å²) in [6.45, 7) is 0.136. The molecule has 0 aliphatic carbocycles. The number of imide groups is 1. The van der Waals surface area contributed by atoms with Crippen LogP contribution in [0.25, 0.3) is 11.6 Å². The van der Waals surface area contributed by atoms with E-state index >= 15 is 0 Å². The minimum atomic E-state index is -0.453. The van der Waals surface area contributed by atoms with Crippen LogP contribution in [0.2, 0.25) is 0 Å². The predicted octanol–water partition coefficient (Wildman–Crippen LogP) is 2.45. The molecule has 0 bridgehead atoms. The Bertz CT molecular complexity index is 925. The van der Waals surface area contributed by atoms with Crippen LogP contribution in [0.5, 0.6) is 0 Å². The maximum atomic E-state index is 12.2. The number of carbonyl (C=O) groups is 2. The Morgan fingerprint density at radius 3 is 2.42 bits per heavy atom. The maximum absolute atomic E-state index is 12.2. The molecule has 130 valence electrons. The number of hydrogen-bond donors (Lipinski definition) is 0. The smallest absolute Gasteiger partial charge is 0.285 e. The molecule has 2 amide bonds.